The van der Waals surface area contributed by atoms with Gasteiger partial charge in [-0.15, -0.1) is 0 Å². The van der Waals surface area contributed by atoms with Crippen molar-refractivity contribution in [3.05, 3.63) is 47.7 Å². The molecule has 3 aliphatic carbocycles. The van der Waals surface area contributed by atoms with Crippen molar-refractivity contribution in [2.45, 2.75) is 57.3 Å². The fourth-order valence-electron chi connectivity index (χ4n) is 6.28. The summed E-state index contributed by atoms with van der Waals surface area (Å²) in [6.07, 6.45) is 13.0. The molecule has 7 nitrogen and oxygen atoms in total. The topological polar surface area (TPSA) is 99.1 Å². The largest absolute Gasteiger partial charge is 0.504 e. The first kappa shape index (κ1) is 24.9. The van der Waals surface area contributed by atoms with E-state index in [0.29, 0.717) is 44.1 Å². The average Bonchev–Trinajstić information content (AvgIpc) is 3.73. The first-order chi connectivity index (χ1) is 17.4. The van der Waals surface area contributed by atoms with Crippen molar-refractivity contribution in [2.24, 2.45) is 23.7 Å². The lowest BCUT2D eigenvalue weighted by Gasteiger charge is -2.37. The average molecular weight is 495 g/mol. The molecule has 194 valence electrons. The maximum Gasteiger partial charge on any atom is 0.234 e. The van der Waals surface area contributed by atoms with Crippen LogP contribution in [0.1, 0.15) is 57.4 Å². The van der Waals surface area contributed by atoms with Gasteiger partial charge in [0, 0.05) is 18.8 Å². The molecule has 1 aromatic rings. The van der Waals surface area contributed by atoms with Gasteiger partial charge < -0.3 is 25.2 Å². The van der Waals surface area contributed by atoms with Crippen molar-refractivity contribution in [2.75, 3.05) is 26.3 Å². The SMILES string of the molecule is CCC1CCC(NC(=O)C2(c3ccc(O)c(O)c3)CC2)=CC1C1C=CC(C(=O)N2CCOCC2)CC1. The first-order valence-corrected chi connectivity index (χ1v) is 13.5. The summed E-state index contributed by atoms with van der Waals surface area (Å²) in [5.41, 5.74) is 1.12. The number of ether oxygens (including phenoxy) is 1. The molecule has 0 spiro atoms. The molecule has 2 amide bonds. The molecule has 0 aromatic heterocycles. The highest BCUT2D eigenvalue weighted by Gasteiger charge is 2.51. The molecule has 7 heteroatoms. The number of phenols is 2. The zero-order chi connectivity index (χ0) is 25.3. The Morgan fingerprint density at radius 2 is 1.86 bits per heavy atom. The third-order valence-electron chi connectivity index (χ3n) is 8.77. The van der Waals surface area contributed by atoms with Crippen LogP contribution >= 0.6 is 0 Å². The Bertz CT molecular complexity index is 1050. The van der Waals surface area contributed by atoms with E-state index in [1.54, 1.807) is 6.07 Å². The number of benzene rings is 1. The summed E-state index contributed by atoms with van der Waals surface area (Å²) in [4.78, 5) is 28.2. The van der Waals surface area contributed by atoms with E-state index < -0.39 is 5.41 Å². The summed E-state index contributed by atoms with van der Waals surface area (Å²) in [5.74, 6) is 1.09. The van der Waals surface area contributed by atoms with Gasteiger partial charge in [-0.25, -0.2) is 0 Å². The number of aromatic hydroxyl groups is 2. The quantitative estimate of drug-likeness (QED) is 0.410. The van der Waals surface area contributed by atoms with Gasteiger partial charge in [0.1, 0.15) is 0 Å². The smallest absolute Gasteiger partial charge is 0.234 e. The number of amides is 2. The number of hydrogen-bond donors (Lipinski definition) is 3. The van der Waals surface area contributed by atoms with E-state index >= 15 is 0 Å². The molecule has 1 heterocycles. The lowest BCUT2D eigenvalue weighted by Crippen LogP contribution is -2.44. The number of hydrogen-bond acceptors (Lipinski definition) is 5. The van der Waals surface area contributed by atoms with Crippen molar-refractivity contribution in [1.29, 1.82) is 0 Å². The summed E-state index contributed by atoms with van der Waals surface area (Å²) >= 11 is 0. The molecule has 3 N–H and O–H groups in total. The van der Waals surface area contributed by atoms with Crippen molar-refractivity contribution in [3.8, 4) is 11.5 Å². The molecule has 36 heavy (non-hydrogen) atoms. The minimum absolute atomic E-state index is 0.0251. The predicted octanol–water partition coefficient (Wildman–Crippen LogP) is 4.01. The Labute approximate surface area is 213 Å². The molecule has 5 rings (SSSR count). The molecular weight excluding hydrogens is 456 g/mol. The number of nitrogens with zero attached hydrogens (tertiary/aromatic N) is 1. The minimum Gasteiger partial charge on any atom is -0.504 e. The minimum atomic E-state index is -0.624. The summed E-state index contributed by atoms with van der Waals surface area (Å²) in [6, 6.07) is 4.69. The number of nitrogens with one attached hydrogen (secondary N) is 1. The monoisotopic (exact) mass is 494 g/mol. The Hall–Kier alpha value is -2.80. The first-order valence-electron chi connectivity index (χ1n) is 13.5. The summed E-state index contributed by atoms with van der Waals surface area (Å²) in [5, 5.41) is 22.8. The third kappa shape index (κ3) is 4.90. The molecule has 0 radical (unpaired) electrons. The van der Waals surface area contributed by atoms with Gasteiger partial charge in [-0.1, -0.05) is 37.6 Å². The van der Waals surface area contributed by atoms with Crippen molar-refractivity contribution >= 4 is 11.8 Å². The maximum atomic E-state index is 13.3. The normalized spacial score (nSPS) is 29.4. The summed E-state index contributed by atoms with van der Waals surface area (Å²) < 4.78 is 5.39. The van der Waals surface area contributed by atoms with Crippen LogP contribution in [-0.4, -0.2) is 53.2 Å². The second-order valence-corrected chi connectivity index (χ2v) is 10.9. The van der Waals surface area contributed by atoms with E-state index in [1.165, 1.54) is 12.1 Å². The highest BCUT2D eigenvalue weighted by Crippen LogP contribution is 2.50. The number of rotatable bonds is 6. The van der Waals surface area contributed by atoms with E-state index in [9.17, 15) is 19.8 Å². The van der Waals surface area contributed by atoms with E-state index in [-0.39, 0.29) is 29.2 Å². The predicted molar refractivity (Wildman–Crippen MR) is 136 cm³/mol. The molecule has 4 aliphatic rings. The Morgan fingerprint density at radius 3 is 2.50 bits per heavy atom. The van der Waals surface area contributed by atoms with Crippen LogP contribution in [0.4, 0.5) is 0 Å². The van der Waals surface area contributed by atoms with Crippen LogP contribution < -0.4 is 5.32 Å². The number of allylic oxidation sites excluding steroid dienone is 3. The molecule has 1 saturated carbocycles. The number of phenolic OH excluding ortho intramolecular Hbond substituents is 2. The van der Waals surface area contributed by atoms with Crippen molar-refractivity contribution < 1.29 is 24.5 Å². The van der Waals surface area contributed by atoms with E-state index in [1.807, 2.05) is 4.90 Å². The maximum absolute atomic E-state index is 13.3. The van der Waals surface area contributed by atoms with E-state index in [0.717, 1.165) is 56.2 Å². The highest BCUT2D eigenvalue weighted by atomic mass is 16.5. The third-order valence-corrected chi connectivity index (χ3v) is 8.77. The van der Waals surface area contributed by atoms with Gasteiger partial charge in [0.05, 0.1) is 24.5 Å². The number of morpholine rings is 1. The lowest BCUT2D eigenvalue weighted by molar-refractivity contribution is -0.138. The van der Waals surface area contributed by atoms with Crippen LogP contribution in [0, 0.1) is 23.7 Å². The molecular formula is C29H38N2O5. The van der Waals surface area contributed by atoms with Gasteiger partial charge in [0.2, 0.25) is 11.8 Å². The molecule has 2 fully saturated rings. The standard InChI is InChI=1S/C29H38N2O5/c1-2-19-7-9-23(30-28(35)29(11-12-29)22-8-10-25(32)26(33)17-22)18-24(19)20-3-5-21(6-4-20)27(34)31-13-15-36-16-14-31/h3,5,8,10,17-21,24,32-33H,2,4,6-7,9,11-16H2,1H3,(H,30,35). The lowest BCUT2D eigenvalue weighted by atomic mass is 9.70. The van der Waals surface area contributed by atoms with Gasteiger partial charge in [-0.3, -0.25) is 9.59 Å². The molecule has 4 atom stereocenters. The Balaban J connectivity index is 1.26. The highest BCUT2D eigenvalue weighted by molar-refractivity contribution is 5.92. The molecule has 1 saturated heterocycles. The van der Waals surface area contributed by atoms with Crippen LogP contribution in [0.15, 0.2) is 42.1 Å². The fraction of sp³-hybridized carbons (Fsp3) is 0.586. The van der Waals surface area contributed by atoms with Crippen molar-refractivity contribution in [1.82, 2.24) is 10.2 Å². The van der Waals surface area contributed by atoms with E-state index in [4.69, 9.17) is 4.74 Å². The zero-order valence-corrected chi connectivity index (χ0v) is 21.1. The van der Waals surface area contributed by atoms with Gasteiger partial charge in [-0.2, -0.15) is 0 Å². The van der Waals surface area contributed by atoms with Crippen LogP contribution in [-0.2, 0) is 19.7 Å². The summed E-state index contributed by atoms with van der Waals surface area (Å²) in [6.45, 7) is 4.86. The van der Waals surface area contributed by atoms with Gasteiger partial charge in [0.15, 0.2) is 11.5 Å². The summed E-state index contributed by atoms with van der Waals surface area (Å²) in [7, 11) is 0. The van der Waals surface area contributed by atoms with Crippen LogP contribution in [0.5, 0.6) is 11.5 Å². The molecule has 0 bridgehead atoms. The van der Waals surface area contributed by atoms with Crippen LogP contribution in [0.25, 0.3) is 0 Å². The number of carbonyl (C=O) groups excluding carboxylic acids is 2. The van der Waals surface area contributed by atoms with Gasteiger partial charge in [0.25, 0.3) is 0 Å². The molecule has 4 unspecified atom stereocenters. The van der Waals surface area contributed by atoms with Crippen LogP contribution in [0.3, 0.4) is 0 Å². The second kappa shape index (κ2) is 10.3. The van der Waals surface area contributed by atoms with Crippen molar-refractivity contribution in [3.63, 3.8) is 0 Å². The fourth-order valence-corrected chi connectivity index (χ4v) is 6.28. The van der Waals surface area contributed by atoms with Gasteiger partial charge >= 0.3 is 0 Å². The second-order valence-electron chi connectivity index (χ2n) is 10.9. The molecule has 1 aliphatic heterocycles. The Morgan fingerprint density at radius 1 is 1.08 bits per heavy atom. The number of carbonyl (C=O) groups is 2. The Kier molecular flexibility index (Phi) is 7.11. The van der Waals surface area contributed by atoms with Gasteiger partial charge in [-0.05, 0) is 74.0 Å². The zero-order valence-electron chi connectivity index (χ0n) is 21.1. The molecule has 1 aromatic carbocycles. The van der Waals surface area contributed by atoms with E-state index in [2.05, 4.69) is 30.5 Å². The van der Waals surface area contributed by atoms with Crippen LogP contribution in [0.2, 0.25) is 0 Å².